The highest BCUT2D eigenvalue weighted by atomic mass is 19.4. The topological polar surface area (TPSA) is 71.3 Å². The Morgan fingerprint density at radius 1 is 1.00 bits per heavy atom. The van der Waals surface area contributed by atoms with Crippen LogP contribution in [0.1, 0.15) is 49.0 Å². The third kappa shape index (κ3) is 4.71. The van der Waals surface area contributed by atoms with Gasteiger partial charge in [0, 0.05) is 34.6 Å². The summed E-state index contributed by atoms with van der Waals surface area (Å²) in [7, 11) is 0. The number of benzene rings is 2. The van der Waals surface area contributed by atoms with Crippen LogP contribution in [0.2, 0.25) is 0 Å². The molecule has 8 heteroatoms. The summed E-state index contributed by atoms with van der Waals surface area (Å²) < 4.78 is 45.1. The molecule has 1 unspecified atom stereocenters. The minimum absolute atomic E-state index is 0.0556. The van der Waals surface area contributed by atoms with Gasteiger partial charge in [0.15, 0.2) is 5.78 Å². The molecule has 2 heterocycles. The Balaban J connectivity index is 1.55. The molecule has 0 spiro atoms. The molecule has 1 aromatic heterocycles. The molecule has 5 rings (SSSR count). The number of rotatable bonds is 4. The van der Waals surface area contributed by atoms with Crippen LogP contribution in [-0.4, -0.2) is 11.7 Å². The van der Waals surface area contributed by atoms with Gasteiger partial charge in [-0.2, -0.15) is 13.2 Å². The summed E-state index contributed by atoms with van der Waals surface area (Å²) in [5, 5.41) is 6.23. The van der Waals surface area contributed by atoms with Crippen LogP contribution in [-0.2, 0) is 15.8 Å². The molecular formula is C29H25F3N2O3. The summed E-state index contributed by atoms with van der Waals surface area (Å²) in [6, 6.07) is 15.4. The van der Waals surface area contributed by atoms with E-state index in [4.69, 9.17) is 4.42 Å². The number of alkyl halides is 3. The highest BCUT2D eigenvalue weighted by Crippen LogP contribution is 2.44. The molecule has 0 saturated heterocycles. The number of anilines is 1. The van der Waals surface area contributed by atoms with Gasteiger partial charge in [0.1, 0.15) is 11.5 Å². The standard InChI is InChI=1S/C29H25F3N2O3/c1-16-6-3-4-7-20(16)34-28(36)25-17(2)33-21-8-5-9-22(35)26(21)27(25)24-15-14-23(37-24)18-10-12-19(13-11-18)29(30,31)32/h3-4,6-7,10-15,27,33H,5,8-9H2,1-2H3,(H,34,36). The Labute approximate surface area is 212 Å². The van der Waals surface area contributed by atoms with E-state index >= 15 is 0 Å². The van der Waals surface area contributed by atoms with Gasteiger partial charge in [-0.05, 0) is 62.6 Å². The van der Waals surface area contributed by atoms with E-state index in [0.717, 1.165) is 23.4 Å². The Hall–Kier alpha value is -4.07. The van der Waals surface area contributed by atoms with Crippen molar-refractivity contribution in [2.24, 2.45) is 0 Å². The number of amides is 1. The molecule has 1 atom stereocenters. The third-order valence-electron chi connectivity index (χ3n) is 6.82. The number of para-hydroxylation sites is 1. The van der Waals surface area contributed by atoms with Crippen LogP contribution in [0.5, 0.6) is 0 Å². The van der Waals surface area contributed by atoms with Crippen molar-refractivity contribution in [1.82, 2.24) is 5.32 Å². The van der Waals surface area contributed by atoms with E-state index < -0.39 is 17.7 Å². The average Bonchev–Trinajstić information content (AvgIpc) is 3.34. The predicted molar refractivity (Wildman–Crippen MR) is 133 cm³/mol. The molecule has 37 heavy (non-hydrogen) atoms. The third-order valence-corrected chi connectivity index (χ3v) is 6.82. The number of dihydropyridines is 1. The van der Waals surface area contributed by atoms with Gasteiger partial charge >= 0.3 is 6.18 Å². The summed E-state index contributed by atoms with van der Waals surface area (Å²) in [6.07, 6.45) is -2.68. The molecule has 2 aromatic carbocycles. The first kappa shape index (κ1) is 24.6. The van der Waals surface area contributed by atoms with E-state index in [1.807, 2.05) is 25.1 Å². The van der Waals surface area contributed by atoms with E-state index in [0.29, 0.717) is 58.9 Å². The van der Waals surface area contributed by atoms with Crippen molar-refractivity contribution in [2.75, 3.05) is 5.32 Å². The van der Waals surface area contributed by atoms with Crippen molar-refractivity contribution < 1.29 is 27.2 Å². The van der Waals surface area contributed by atoms with Crippen LogP contribution in [0.15, 0.2) is 87.6 Å². The maximum Gasteiger partial charge on any atom is 0.416 e. The van der Waals surface area contributed by atoms with Crippen LogP contribution in [0, 0.1) is 6.92 Å². The lowest BCUT2D eigenvalue weighted by Crippen LogP contribution is -2.35. The summed E-state index contributed by atoms with van der Waals surface area (Å²) >= 11 is 0. The number of allylic oxidation sites excluding steroid dienone is 3. The molecule has 3 aromatic rings. The maximum absolute atomic E-state index is 13.6. The Morgan fingerprint density at radius 2 is 1.73 bits per heavy atom. The second-order valence-electron chi connectivity index (χ2n) is 9.31. The molecular weight excluding hydrogens is 481 g/mol. The molecule has 1 aliphatic carbocycles. The molecule has 0 fully saturated rings. The Morgan fingerprint density at radius 3 is 2.43 bits per heavy atom. The van der Waals surface area contributed by atoms with Gasteiger partial charge in [-0.1, -0.05) is 30.3 Å². The SMILES string of the molecule is CC1=C(C(=O)Nc2ccccc2C)C(c2ccc(-c3ccc(C(F)(F)F)cc3)o2)C2=C(CCCC2=O)N1. The second-order valence-corrected chi connectivity index (χ2v) is 9.31. The fraction of sp³-hybridized carbons (Fsp3) is 0.241. The number of aryl methyl sites for hydroxylation is 1. The first-order valence-electron chi connectivity index (χ1n) is 12.0. The zero-order valence-electron chi connectivity index (χ0n) is 20.3. The Bertz CT molecular complexity index is 1450. The number of hydrogen-bond acceptors (Lipinski definition) is 4. The van der Waals surface area contributed by atoms with Gasteiger partial charge in [0.05, 0.1) is 17.1 Å². The summed E-state index contributed by atoms with van der Waals surface area (Å²) in [5.74, 6) is -0.421. The molecule has 2 N–H and O–H groups in total. The monoisotopic (exact) mass is 506 g/mol. The quantitative estimate of drug-likeness (QED) is 0.405. The van der Waals surface area contributed by atoms with Crippen molar-refractivity contribution in [3.05, 3.63) is 100 Å². The van der Waals surface area contributed by atoms with E-state index in [1.165, 1.54) is 12.1 Å². The van der Waals surface area contributed by atoms with Gasteiger partial charge in [0.25, 0.3) is 5.91 Å². The van der Waals surface area contributed by atoms with Gasteiger partial charge < -0.3 is 15.1 Å². The van der Waals surface area contributed by atoms with Crippen molar-refractivity contribution in [2.45, 2.75) is 45.2 Å². The molecule has 0 saturated carbocycles. The largest absolute Gasteiger partial charge is 0.460 e. The highest BCUT2D eigenvalue weighted by molar-refractivity contribution is 6.09. The lowest BCUT2D eigenvalue weighted by Gasteiger charge is -2.33. The highest BCUT2D eigenvalue weighted by Gasteiger charge is 2.40. The smallest absolute Gasteiger partial charge is 0.416 e. The van der Waals surface area contributed by atoms with Gasteiger partial charge in [-0.25, -0.2) is 0 Å². The predicted octanol–water partition coefficient (Wildman–Crippen LogP) is 6.88. The number of nitrogens with one attached hydrogen (secondary N) is 2. The number of hydrogen-bond donors (Lipinski definition) is 2. The maximum atomic E-state index is 13.6. The minimum atomic E-state index is -4.44. The number of furan rings is 1. The van der Waals surface area contributed by atoms with Crippen LogP contribution in [0.3, 0.4) is 0 Å². The van der Waals surface area contributed by atoms with Crippen LogP contribution in [0.4, 0.5) is 18.9 Å². The van der Waals surface area contributed by atoms with E-state index in [9.17, 15) is 22.8 Å². The van der Waals surface area contributed by atoms with Gasteiger partial charge in [-0.15, -0.1) is 0 Å². The van der Waals surface area contributed by atoms with Crippen LogP contribution in [0.25, 0.3) is 11.3 Å². The zero-order chi connectivity index (χ0) is 26.3. The lowest BCUT2D eigenvalue weighted by molar-refractivity contribution is -0.137. The van der Waals surface area contributed by atoms with Crippen LogP contribution < -0.4 is 10.6 Å². The summed E-state index contributed by atoms with van der Waals surface area (Å²) in [6.45, 7) is 3.68. The molecule has 1 amide bonds. The molecule has 5 nitrogen and oxygen atoms in total. The zero-order valence-corrected chi connectivity index (χ0v) is 20.3. The van der Waals surface area contributed by atoms with Crippen molar-refractivity contribution in [3.63, 3.8) is 0 Å². The lowest BCUT2D eigenvalue weighted by atomic mass is 9.77. The molecule has 0 radical (unpaired) electrons. The first-order chi connectivity index (χ1) is 17.6. The number of carbonyl (C=O) groups is 2. The fourth-order valence-electron chi connectivity index (χ4n) is 4.96. The van der Waals surface area contributed by atoms with Crippen molar-refractivity contribution in [1.29, 1.82) is 0 Å². The van der Waals surface area contributed by atoms with Crippen molar-refractivity contribution >= 4 is 17.4 Å². The van der Waals surface area contributed by atoms with Gasteiger partial charge in [-0.3, -0.25) is 9.59 Å². The fourth-order valence-corrected chi connectivity index (χ4v) is 4.96. The minimum Gasteiger partial charge on any atom is -0.460 e. The average molecular weight is 507 g/mol. The summed E-state index contributed by atoms with van der Waals surface area (Å²) in [4.78, 5) is 26.7. The van der Waals surface area contributed by atoms with Gasteiger partial charge in [0.2, 0.25) is 0 Å². The molecule has 0 bridgehead atoms. The second kappa shape index (κ2) is 9.42. The number of halogens is 3. The molecule has 190 valence electrons. The van der Waals surface area contributed by atoms with Crippen LogP contribution >= 0.6 is 0 Å². The van der Waals surface area contributed by atoms with Crippen molar-refractivity contribution in [3.8, 4) is 11.3 Å². The number of Topliss-reactive ketones (excluding diaryl/α,β-unsaturated/α-hetero) is 1. The number of carbonyl (C=O) groups excluding carboxylic acids is 2. The summed E-state index contributed by atoms with van der Waals surface area (Å²) in [5.41, 5.74) is 3.53. The first-order valence-corrected chi connectivity index (χ1v) is 12.0. The van der Waals surface area contributed by atoms with E-state index in [2.05, 4.69) is 10.6 Å². The van der Waals surface area contributed by atoms with E-state index in [-0.39, 0.29) is 11.7 Å². The Kier molecular flexibility index (Phi) is 6.27. The number of ketones is 1. The molecule has 1 aliphatic heterocycles. The van der Waals surface area contributed by atoms with E-state index in [1.54, 1.807) is 25.1 Å². The molecule has 2 aliphatic rings. The normalized spacial score (nSPS) is 18.0.